The maximum absolute atomic E-state index is 12.5. The van der Waals surface area contributed by atoms with Crippen LogP contribution < -0.4 is 16.0 Å². The molecule has 0 bridgehead atoms. The molecule has 2 aliphatic rings. The third-order valence-electron chi connectivity index (χ3n) is 5.71. The highest BCUT2D eigenvalue weighted by atomic mass is 16.5. The van der Waals surface area contributed by atoms with Crippen LogP contribution in [0.15, 0.2) is 29.3 Å². The number of carbonyl (C=O) groups is 1. The Bertz CT molecular complexity index is 683. The van der Waals surface area contributed by atoms with Crippen LogP contribution in [0.25, 0.3) is 0 Å². The minimum Gasteiger partial charge on any atom is -0.379 e. The smallest absolute Gasteiger partial charge is 0.227 e. The van der Waals surface area contributed by atoms with Crippen LogP contribution >= 0.6 is 0 Å². The number of nitrogens with zero attached hydrogens (tertiary/aromatic N) is 1. The molecule has 166 valence electrons. The standard InChI is InChI=1S/C23H36N4O3/c1-24-23(25-12-6-13-30-21-11-14-29-17-21)26-16-18-7-5-10-20(15-18)27-22(28)19-8-3-2-4-9-19/h5,7,10,15,19,21H,2-4,6,8-9,11-14,16-17H2,1H3,(H,27,28)(H2,24,25,26). The molecule has 1 heterocycles. The van der Waals surface area contributed by atoms with Gasteiger partial charge in [-0.2, -0.15) is 0 Å². The maximum atomic E-state index is 12.5. The summed E-state index contributed by atoms with van der Waals surface area (Å²) in [6.07, 6.45) is 7.76. The van der Waals surface area contributed by atoms with E-state index in [2.05, 4.69) is 20.9 Å². The van der Waals surface area contributed by atoms with Crippen molar-refractivity contribution in [3.05, 3.63) is 29.8 Å². The zero-order valence-corrected chi connectivity index (χ0v) is 18.1. The van der Waals surface area contributed by atoms with Gasteiger partial charge in [-0.3, -0.25) is 9.79 Å². The number of guanidine groups is 1. The van der Waals surface area contributed by atoms with Gasteiger partial charge in [-0.25, -0.2) is 0 Å². The van der Waals surface area contributed by atoms with E-state index in [1.54, 1.807) is 7.05 Å². The van der Waals surface area contributed by atoms with Crippen molar-refractivity contribution < 1.29 is 14.3 Å². The second-order valence-corrected chi connectivity index (χ2v) is 8.09. The third-order valence-corrected chi connectivity index (χ3v) is 5.71. The van der Waals surface area contributed by atoms with Crippen molar-refractivity contribution in [2.45, 2.75) is 57.6 Å². The van der Waals surface area contributed by atoms with Gasteiger partial charge in [0.05, 0.1) is 12.7 Å². The van der Waals surface area contributed by atoms with E-state index in [4.69, 9.17) is 9.47 Å². The SMILES string of the molecule is CN=C(NCCCOC1CCOC1)NCc1cccc(NC(=O)C2CCCCC2)c1. The summed E-state index contributed by atoms with van der Waals surface area (Å²) in [7, 11) is 1.77. The van der Waals surface area contributed by atoms with E-state index in [9.17, 15) is 4.79 Å². The number of hydrogen-bond acceptors (Lipinski definition) is 4. The number of benzene rings is 1. The molecule has 7 heteroatoms. The van der Waals surface area contributed by atoms with E-state index in [-0.39, 0.29) is 17.9 Å². The maximum Gasteiger partial charge on any atom is 0.227 e. The summed E-state index contributed by atoms with van der Waals surface area (Å²) in [6, 6.07) is 8.01. The van der Waals surface area contributed by atoms with Gasteiger partial charge >= 0.3 is 0 Å². The van der Waals surface area contributed by atoms with Gasteiger partial charge in [0, 0.05) is 45.0 Å². The molecule has 0 radical (unpaired) electrons. The Morgan fingerprint density at radius 2 is 2.07 bits per heavy atom. The minimum absolute atomic E-state index is 0.156. The summed E-state index contributed by atoms with van der Waals surface area (Å²) in [5.74, 6) is 1.08. The number of carbonyl (C=O) groups excluding carboxylic acids is 1. The van der Waals surface area contributed by atoms with Gasteiger partial charge in [0.2, 0.25) is 5.91 Å². The third kappa shape index (κ3) is 7.61. The zero-order valence-electron chi connectivity index (χ0n) is 18.1. The average molecular weight is 417 g/mol. The first kappa shape index (κ1) is 22.6. The predicted molar refractivity (Wildman–Crippen MR) is 120 cm³/mol. The topological polar surface area (TPSA) is 84.0 Å². The summed E-state index contributed by atoms with van der Waals surface area (Å²) in [5.41, 5.74) is 1.96. The van der Waals surface area contributed by atoms with Crippen LogP contribution in [0.4, 0.5) is 5.69 Å². The first-order valence-electron chi connectivity index (χ1n) is 11.3. The molecule has 1 amide bonds. The molecule has 1 aromatic rings. The Morgan fingerprint density at radius 1 is 1.20 bits per heavy atom. The van der Waals surface area contributed by atoms with E-state index in [1.807, 2.05) is 24.3 Å². The number of aliphatic imine (C=N–C) groups is 1. The predicted octanol–water partition coefficient (Wildman–Crippen LogP) is 3.07. The van der Waals surface area contributed by atoms with Crippen molar-refractivity contribution in [2.24, 2.45) is 10.9 Å². The van der Waals surface area contributed by atoms with Crippen molar-refractivity contribution in [3.8, 4) is 0 Å². The number of rotatable bonds is 9. The number of nitrogens with one attached hydrogen (secondary N) is 3. The molecule has 1 saturated heterocycles. The van der Waals surface area contributed by atoms with Crippen molar-refractivity contribution in [1.82, 2.24) is 10.6 Å². The van der Waals surface area contributed by atoms with E-state index < -0.39 is 0 Å². The Labute approximate surface area is 180 Å². The molecular weight excluding hydrogens is 380 g/mol. The number of ether oxygens (including phenoxy) is 2. The lowest BCUT2D eigenvalue weighted by atomic mass is 9.88. The molecule has 1 atom stereocenters. The van der Waals surface area contributed by atoms with Crippen molar-refractivity contribution in [1.29, 1.82) is 0 Å². The Hall–Kier alpha value is -2.12. The number of hydrogen-bond donors (Lipinski definition) is 3. The van der Waals surface area contributed by atoms with E-state index >= 15 is 0 Å². The number of anilines is 1. The molecule has 0 spiro atoms. The quantitative estimate of drug-likeness (QED) is 0.327. The fourth-order valence-corrected chi connectivity index (χ4v) is 3.95. The first-order chi connectivity index (χ1) is 14.7. The second-order valence-electron chi connectivity index (χ2n) is 8.09. The molecule has 1 saturated carbocycles. The summed E-state index contributed by atoms with van der Waals surface area (Å²) in [5, 5.41) is 9.73. The summed E-state index contributed by atoms with van der Waals surface area (Å²) in [6.45, 7) is 3.69. The van der Waals surface area contributed by atoms with Crippen LogP contribution in [-0.4, -0.2) is 51.4 Å². The Balaban J connectivity index is 1.36. The monoisotopic (exact) mass is 416 g/mol. The van der Waals surface area contributed by atoms with E-state index in [0.717, 1.165) is 82.1 Å². The highest BCUT2D eigenvalue weighted by Crippen LogP contribution is 2.25. The van der Waals surface area contributed by atoms with Gasteiger partial charge in [-0.15, -0.1) is 0 Å². The van der Waals surface area contributed by atoms with Crippen LogP contribution in [0.1, 0.15) is 50.5 Å². The Kier molecular flexibility index (Phi) is 9.44. The molecule has 0 aromatic heterocycles. The summed E-state index contributed by atoms with van der Waals surface area (Å²) in [4.78, 5) is 16.7. The van der Waals surface area contributed by atoms with Gasteiger partial charge in [0.1, 0.15) is 0 Å². The lowest BCUT2D eigenvalue weighted by Crippen LogP contribution is -2.37. The fraction of sp³-hybridized carbons (Fsp3) is 0.652. The lowest BCUT2D eigenvalue weighted by molar-refractivity contribution is -0.120. The number of amides is 1. The molecule has 2 fully saturated rings. The average Bonchev–Trinajstić information content (AvgIpc) is 3.30. The van der Waals surface area contributed by atoms with E-state index in [1.165, 1.54) is 6.42 Å². The summed E-state index contributed by atoms with van der Waals surface area (Å²) >= 11 is 0. The van der Waals surface area contributed by atoms with Gasteiger partial charge in [-0.05, 0) is 43.4 Å². The van der Waals surface area contributed by atoms with Crippen molar-refractivity contribution in [3.63, 3.8) is 0 Å². The highest BCUT2D eigenvalue weighted by molar-refractivity contribution is 5.92. The largest absolute Gasteiger partial charge is 0.379 e. The minimum atomic E-state index is 0.156. The van der Waals surface area contributed by atoms with Crippen molar-refractivity contribution in [2.75, 3.05) is 38.7 Å². The van der Waals surface area contributed by atoms with Gasteiger partial charge in [0.25, 0.3) is 0 Å². The first-order valence-corrected chi connectivity index (χ1v) is 11.3. The molecule has 7 nitrogen and oxygen atoms in total. The van der Waals surface area contributed by atoms with Gasteiger partial charge < -0.3 is 25.4 Å². The molecule has 1 aliphatic carbocycles. The normalized spacial score (nSPS) is 20.2. The highest BCUT2D eigenvalue weighted by Gasteiger charge is 2.21. The summed E-state index contributed by atoms with van der Waals surface area (Å²) < 4.78 is 11.1. The molecule has 1 aromatic carbocycles. The molecule has 1 aliphatic heterocycles. The molecule has 3 N–H and O–H groups in total. The van der Waals surface area contributed by atoms with Crippen LogP contribution in [0.3, 0.4) is 0 Å². The lowest BCUT2D eigenvalue weighted by Gasteiger charge is -2.21. The molecule has 30 heavy (non-hydrogen) atoms. The van der Waals surface area contributed by atoms with Crippen LogP contribution in [0.5, 0.6) is 0 Å². The van der Waals surface area contributed by atoms with Crippen LogP contribution in [-0.2, 0) is 20.8 Å². The second kappa shape index (κ2) is 12.5. The molecule has 3 rings (SSSR count). The van der Waals surface area contributed by atoms with Crippen LogP contribution in [0.2, 0.25) is 0 Å². The zero-order chi connectivity index (χ0) is 21.0. The molecule has 1 unspecified atom stereocenters. The van der Waals surface area contributed by atoms with Crippen molar-refractivity contribution >= 4 is 17.6 Å². The van der Waals surface area contributed by atoms with Gasteiger partial charge in [0.15, 0.2) is 5.96 Å². The van der Waals surface area contributed by atoms with E-state index in [0.29, 0.717) is 6.54 Å². The Morgan fingerprint density at radius 3 is 2.83 bits per heavy atom. The molecular formula is C23H36N4O3. The fourth-order valence-electron chi connectivity index (χ4n) is 3.95. The van der Waals surface area contributed by atoms with Crippen LogP contribution in [0, 0.1) is 5.92 Å². The van der Waals surface area contributed by atoms with Gasteiger partial charge in [-0.1, -0.05) is 31.4 Å².